The number of carbonyl (C=O) groups is 1. The van der Waals surface area contributed by atoms with Crippen LogP contribution in [0.25, 0.3) is 0 Å². The third-order valence-electron chi connectivity index (χ3n) is 3.69. The fourth-order valence-corrected chi connectivity index (χ4v) is 2.86. The van der Waals surface area contributed by atoms with Crippen molar-refractivity contribution >= 4 is 21.8 Å². The average Bonchev–Trinajstić information content (AvgIpc) is 3.07. The van der Waals surface area contributed by atoms with Gasteiger partial charge in [-0.2, -0.15) is 0 Å². The zero-order valence-corrected chi connectivity index (χ0v) is 14.1. The number of rotatable bonds is 3. The Bertz CT molecular complexity index is 681. The van der Waals surface area contributed by atoms with Crippen molar-refractivity contribution in [1.29, 1.82) is 0 Å². The Labute approximate surface area is 137 Å². The largest absolute Gasteiger partial charge is 0.472 e. The molecule has 116 valence electrons. The molecule has 22 heavy (non-hydrogen) atoms. The first kappa shape index (κ1) is 15.1. The van der Waals surface area contributed by atoms with Gasteiger partial charge in [0.05, 0.1) is 12.1 Å². The Morgan fingerprint density at radius 2 is 2.27 bits per heavy atom. The van der Waals surface area contributed by atoms with Gasteiger partial charge in [0.1, 0.15) is 17.6 Å². The predicted octanol–water partition coefficient (Wildman–Crippen LogP) is 3.35. The molecule has 0 spiro atoms. The van der Waals surface area contributed by atoms with E-state index in [2.05, 4.69) is 20.9 Å². The van der Waals surface area contributed by atoms with Crippen molar-refractivity contribution in [3.63, 3.8) is 0 Å². The first-order valence-corrected chi connectivity index (χ1v) is 7.97. The van der Waals surface area contributed by atoms with Gasteiger partial charge in [-0.3, -0.25) is 4.79 Å². The Morgan fingerprint density at radius 1 is 1.45 bits per heavy atom. The Hall–Kier alpha value is -1.82. The molecule has 3 heterocycles. The van der Waals surface area contributed by atoms with Crippen molar-refractivity contribution < 1.29 is 13.9 Å². The summed E-state index contributed by atoms with van der Waals surface area (Å²) in [7, 11) is 0. The van der Waals surface area contributed by atoms with Gasteiger partial charge in [0.2, 0.25) is 5.88 Å². The number of nitrogens with zero attached hydrogens (tertiary/aromatic N) is 2. The highest BCUT2D eigenvalue weighted by Gasteiger charge is 2.30. The summed E-state index contributed by atoms with van der Waals surface area (Å²) in [5.41, 5.74) is 0.639. The highest BCUT2D eigenvalue weighted by Crippen LogP contribution is 2.22. The lowest BCUT2D eigenvalue weighted by Crippen LogP contribution is -2.31. The van der Waals surface area contributed by atoms with Crippen LogP contribution in [0.1, 0.15) is 28.3 Å². The second-order valence-electron chi connectivity index (χ2n) is 5.42. The smallest absolute Gasteiger partial charge is 0.257 e. The van der Waals surface area contributed by atoms with Crippen LogP contribution < -0.4 is 4.74 Å². The lowest BCUT2D eigenvalue weighted by Gasteiger charge is -2.16. The molecule has 0 bridgehead atoms. The number of carbonyl (C=O) groups excluding carboxylic acids is 1. The molecule has 1 unspecified atom stereocenters. The van der Waals surface area contributed by atoms with E-state index in [1.807, 2.05) is 26.0 Å². The predicted molar refractivity (Wildman–Crippen MR) is 85.1 cm³/mol. The van der Waals surface area contributed by atoms with Gasteiger partial charge >= 0.3 is 0 Å². The Kier molecular flexibility index (Phi) is 4.20. The van der Waals surface area contributed by atoms with Gasteiger partial charge in [0, 0.05) is 29.7 Å². The second-order valence-corrected chi connectivity index (χ2v) is 6.34. The SMILES string of the molecule is Cc1cc(C(=O)N2CCC(Oc3ccc(Br)cn3)C2)c(C)o1. The molecule has 3 rings (SSSR count). The van der Waals surface area contributed by atoms with Crippen molar-refractivity contribution in [2.75, 3.05) is 13.1 Å². The van der Waals surface area contributed by atoms with Gasteiger partial charge in [0.25, 0.3) is 5.91 Å². The molecule has 1 aliphatic heterocycles. The first-order valence-electron chi connectivity index (χ1n) is 7.17. The molecule has 0 saturated carbocycles. The number of aryl methyl sites for hydroxylation is 2. The number of amides is 1. The summed E-state index contributed by atoms with van der Waals surface area (Å²) in [4.78, 5) is 18.5. The molecule has 0 aliphatic carbocycles. The Balaban J connectivity index is 1.63. The summed E-state index contributed by atoms with van der Waals surface area (Å²) in [5, 5.41) is 0. The summed E-state index contributed by atoms with van der Waals surface area (Å²) in [6, 6.07) is 5.50. The quantitative estimate of drug-likeness (QED) is 0.837. The molecule has 1 amide bonds. The van der Waals surface area contributed by atoms with E-state index in [4.69, 9.17) is 9.15 Å². The topological polar surface area (TPSA) is 55.6 Å². The third-order valence-corrected chi connectivity index (χ3v) is 4.16. The van der Waals surface area contributed by atoms with Gasteiger partial charge in [0.15, 0.2) is 0 Å². The highest BCUT2D eigenvalue weighted by molar-refractivity contribution is 9.10. The van der Waals surface area contributed by atoms with Crippen LogP contribution in [-0.4, -0.2) is 35.0 Å². The van der Waals surface area contributed by atoms with E-state index in [0.717, 1.165) is 16.7 Å². The van der Waals surface area contributed by atoms with Gasteiger partial charge in [-0.25, -0.2) is 4.98 Å². The molecule has 0 aromatic carbocycles. The van der Waals surface area contributed by atoms with Crippen molar-refractivity contribution in [2.24, 2.45) is 0 Å². The van der Waals surface area contributed by atoms with E-state index < -0.39 is 0 Å². The molecule has 1 aliphatic rings. The van der Waals surface area contributed by atoms with Gasteiger partial charge in [-0.1, -0.05) is 0 Å². The highest BCUT2D eigenvalue weighted by atomic mass is 79.9. The van der Waals surface area contributed by atoms with E-state index >= 15 is 0 Å². The van der Waals surface area contributed by atoms with E-state index in [1.165, 1.54) is 0 Å². The number of furan rings is 1. The molecule has 1 fully saturated rings. The number of aromatic nitrogens is 1. The second kappa shape index (κ2) is 6.12. The van der Waals surface area contributed by atoms with Crippen LogP contribution in [0.3, 0.4) is 0 Å². The Morgan fingerprint density at radius 3 is 2.91 bits per heavy atom. The lowest BCUT2D eigenvalue weighted by molar-refractivity contribution is 0.0769. The minimum Gasteiger partial charge on any atom is -0.472 e. The van der Waals surface area contributed by atoms with Crippen molar-refractivity contribution in [3.8, 4) is 5.88 Å². The maximum absolute atomic E-state index is 12.5. The maximum atomic E-state index is 12.5. The van der Waals surface area contributed by atoms with Gasteiger partial charge in [-0.05, 0) is 41.9 Å². The molecule has 2 aromatic rings. The summed E-state index contributed by atoms with van der Waals surface area (Å²) >= 11 is 3.34. The number of likely N-dealkylation sites (tertiary alicyclic amines) is 1. The van der Waals surface area contributed by atoms with E-state index in [-0.39, 0.29) is 12.0 Å². The molecule has 6 heteroatoms. The number of hydrogen-bond acceptors (Lipinski definition) is 4. The standard InChI is InChI=1S/C16H17BrN2O3/c1-10-7-14(11(2)21-10)16(20)19-6-5-13(9-19)22-15-4-3-12(17)8-18-15/h3-4,7-8,13H,5-6,9H2,1-2H3. The fraction of sp³-hybridized carbons (Fsp3) is 0.375. The number of halogens is 1. The fourth-order valence-electron chi connectivity index (χ4n) is 2.63. The third kappa shape index (κ3) is 3.16. The molecule has 0 N–H and O–H groups in total. The molecule has 0 radical (unpaired) electrons. The van der Waals surface area contributed by atoms with Crippen LogP contribution in [0.2, 0.25) is 0 Å². The van der Waals surface area contributed by atoms with Crippen LogP contribution in [0, 0.1) is 13.8 Å². The average molecular weight is 365 g/mol. The normalized spacial score (nSPS) is 17.8. The molecular formula is C16H17BrN2O3. The lowest BCUT2D eigenvalue weighted by atomic mass is 10.2. The summed E-state index contributed by atoms with van der Waals surface area (Å²) < 4.78 is 12.2. The molecule has 5 nitrogen and oxygen atoms in total. The van der Waals surface area contributed by atoms with E-state index in [0.29, 0.717) is 30.3 Å². The van der Waals surface area contributed by atoms with Crippen LogP contribution in [0.5, 0.6) is 5.88 Å². The van der Waals surface area contributed by atoms with E-state index in [9.17, 15) is 4.79 Å². The zero-order valence-electron chi connectivity index (χ0n) is 12.5. The van der Waals surface area contributed by atoms with Gasteiger partial charge < -0.3 is 14.1 Å². The molecule has 2 aromatic heterocycles. The van der Waals surface area contributed by atoms with Crippen LogP contribution >= 0.6 is 15.9 Å². The van der Waals surface area contributed by atoms with Gasteiger partial charge in [-0.15, -0.1) is 0 Å². The summed E-state index contributed by atoms with van der Waals surface area (Å²) in [6.45, 7) is 4.92. The number of pyridine rings is 1. The molecular weight excluding hydrogens is 348 g/mol. The van der Waals surface area contributed by atoms with Crippen LogP contribution in [0.15, 0.2) is 33.3 Å². The number of ether oxygens (including phenoxy) is 1. The monoisotopic (exact) mass is 364 g/mol. The van der Waals surface area contributed by atoms with Crippen molar-refractivity contribution in [3.05, 3.63) is 46.0 Å². The first-order chi connectivity index (χ1) is 10.5. The zero-order chi connectivity index (χ0) is 15.7. The molecule has 1 saturated heterocycles. The van der Waals surface area contributed by atoms with Crippen molar-refractivity contribution in [1.82, 2.24) is 9.88 Å². The minimum absolute atomic E-state index is 0.00390. The maximum Gasteiger partial charge on any atom is 0.257 e. The summed E-state index contributed by atoms with van der Waals surface area (Å²) in [5.74, 6) is 2.01. The minimum atomic E-state index is -0.0223. The summed E-state index contributed by atoms with van der Waals surface area (Å²) in [6.07, 6.45) is 2.48. The number of hydrogen-bond donors (Lipinski definition) is 0. The van der Waals surface area contributed by atoms with E-state index in [1.54, 1.807) is 17.2 Å². The van der Waals surface area contributed by atoms with Crippen LogP contribution in [0.4, 0.5) is 0 Å². The molecule has 1 atom stereocenters. The van der Waals surface area contributed by atoms with Crippen LogP contribution in [-0.2, 0) is 0 Å². The van der Waals surface area contributed by atoms with Crippen molar-refractivity contribution in [2.45, 2.75) is 26.4 Å².